The smallest absolute Gasteiger partial charge is 0.216 e. The molecule has 122 valence electrons. The first kappa shape index (κ1) is 15.7. The van der Waals surface area contributed by atoms with Crippen molar-refractivity contribution in [3.63, 3.8) is 0 Å². The van der Waals surface area contributed by atoms with Crippen LogP contribution in [0.25, 0.3) is 16.5 Å². The van der Waals surface area contributed by atoms with E-state index in [1.807, 2.05) is 60.7 Å². The zero-order valence-electron chi connectivity index (χ0n) is 13.2. The van der Waals surface area contributed by atoms with E-state index in [0.717, 1.165) is 22.1 Å². The van der Waals surface area contributed by atoms with E-state index in [9.17, 15) is 5.11 Å². The number of aliphatic imine (C=N–C) groups is 1. The molecular formula is C20H14N2OS2. The van der Waals surface area contributed by atoms with Gasteiger partial charge >= 0.3 is 0 Å². The fourth-order valence-electron chi connectivity index (χ4n) is 2.72. The number of aromatic hydroxyl groups is 1. The fraction of sp³-hybridized carbons (Fsp3) is 0. The van der Waals surface area contributed by atoms with E-state index in [4.69, 9.17) is 12.2 Å². The van der Waals surface area contributed by atoms with Gasteiger partial charge < -0.3 is 5.11 Å². The van der Waals surface area contributed by atoms with Gasteiger partial charge in [-0.2, -0.15) is 0 Å². The molecule has 0 saturated heterocycles. The molecule has 1 heterocycles. The van der Waals surface area contributed by atoms with Gasteiger partial charge in [0.15, 0.2) is 3.95 Å². The van der Waals surface area contributed by atoms with Crippen molar-refractivity contribution in [3.8, 4) is 11.6 Å². The highest BCUT2D eigenvalue weighted by molar-refractivity contribution is 7.73. The summed E-state index contributed by atoms with van der Waals surface area (Å²) in [6.07, 6.45) is 1.68. The van der Waals surface area contributed by atoms with Crippen molar-refractivity contribution in [3.05, 3.63) is 81.6 Å². The summed E-state index contributed by atoms with van der Waals surface area (Å²) in [6.45, 7) is 0. The summed E-state index contributed by atoms with van der Waals surface area (Å²) in [6, 6.07) is 23.7. The van der Waals surface area contributed by atoms with Crippen molar-refractivity contribution >= 4 is 46.2 Å². The van der Waals surface area contributed by atoms with E-state index in [0.29, 0.717) is 8.83 Å². The minimum absolute atomic E-state index is 0.116. The Morgan fingerprint density at radius 2 is 1.64 bits per heavy atom. The van der Waals surface area contributed by atoms with Crippen LogP contribution >= 0.6 is 23.6 Å². The maximum atomic E-state index is 10.6. The van der Waals surface area contributed by atoms with Gasteiger partial charge in [-0.1, -0.05) is 65.9 Å². The zero-order valence-corrected chi connectivity index (χ0v) is 14.8. The standard InChI is InChI=1S/C20H14N2OS2/c23-19-18(25-20(24)22(19)15-9-2-1-3-10-15)13-21-17-12-6-8-14-7-4-5-11-16(14)17/h1-13,23H. The van der Waals surface area contributed by atoms with Gasteiger partial charge in [0.25, 0.3) is 0 Å². The molecule has 0 radical (unpaired) electrons. The number of para-hydroxylation sites is 1. The zero-order chi connectivity index (χ0) is 17.2. The molecule has 0 aliphatic heterocycles. The van der Waals surface area contributed by atoms with Crippen LogP contribution in [0.5, 0.6) is 5.88 Å². The number of benzene rings is 3. The Labute approximate surface area is 154 Å². The van der Waals surface area contributed by atoms with E-state index in [1.54, 1.807) is 10.8 Å². The SMILES string of the molecule is Oc1c(C=Nc2cccc3ccccc23)sc(=S)n1-c1ccccc1. The number of rotatable bonds is 3. The van der Waals surface area contributed by atoms with E-state index >= 15 is 0 Å². The predicted octanol–water partition coefficient (Wildman–Crippen LogP) is 5.88. The second-order valence-electron chi connectivity index (χ2n) is 5.48. The summed E-state index contributed by atoms with van der Waals surface area (Å²) in [5.41, 5.74) is 1.70. The van der Waals surface area contributed by atoms with Crippen LogP contribution in [0.1, 0.15) is 4.88 Å². The molecule has 0 spiro atoms. The number of nitrogens with zero attached hydrogens (tertiary/aromatic N) is 2. The lowest BCUT2D eigenvalue weighted by Gasteiger charge is -2.03. The molecule has 3 nitrogen and oxygen atoms in total. The molecule has 5 heteroatoms. The van der Waals surface area contributed by atoms with Crippen molar-refractivity contribution in [1.29, 1.82) is 0 Å². The number of aromatic nitrogens is 1. The molecule has 0 saturated carbocycles. The van der Waals surface area contributed by atoms with E-state index in [1.165, 1.54) is 11.3 Å². The molecular weight excluding hydrogens is 348 g/mol. The van der Waals surface area contributed by atoms with Gasteiger partial charge in [-0.15, -0.1) is 0 Å². The number of thiazole rings is 1. The molecule has 4 rings (SSSR count). The largest absolute Gasteiger partial charge is 0.493 e. The van der Waals surface area contributed by atoms with Crippen molar-refractivity contribution in [2.75, 3.05) is 0 Å². The molecule has 1 aromatic heterocycles. The van der Waals surface area contributed by atoms with Gasteiger partial charge in [0.2, 0.25) is 5.88 Å². The molecule has 0 bridgehead atoms. The first-order valence-electron chi connectivity index (χ1n) is 7.76. The molecule has 0 atom stereocenters. The summed E-state index contributed by atoms with van der Waals surface area (Å²) < 4.78 is 2.24. The van der Waals surface area contributed by atoms with Gasteiger partial charge in [-0.3, -0.25) is 9.56 Å². The third-order valence-electron chi connectivity index (χ3n) is 3.91. The summed E-state index contributed by atoms with van der Waals surface area (Å²) in [5, 5.41) is 12.8. The lowest BCUT2D eigenvalue weighted by atomic mass is 10.1. The van der Waals surface area contributed by atoms with E-state index < -0.39 is 0 Å². The molecule has 0 fully saturated rings. The van der Waals surface area contributed by atoms with Crippen molar-refractivity contribution in [2.24, 2.45) is 4.99 Å². The van der Waals surface area contributed by atoms with Crippen LogP contribution in [0.2, 0.25) is 0 Å². The maximum absolute atomic E-state index is 10.6. The Kier molecular flexibility index (Phi) is 4.17. The minimum Gasteiger partial charge on any atom is -0.493 e. The Bertz CT molecular complexity index is 1120. The number of hydrogen-bond donors (Lipinski definition) is 1. The highest BCUT2D eigenvalue weighted by atomic mass is 32.1. The van der Waals surface area contributed by atoms with Crippen LogP contribution in [0, 0.1) is 3.95 Å². The first-order valence-corrected chi connectivity index (χ1v) is 8.98. The van der Waals surface area contributed by atoms with Crippen LogP contribution in [0.4, 0.5) is 5.69 Å². The van der Waals surface area contributed by atoms with Gasteiger partial charge in [0.05, 0.1) is 17.6 Å². The quantitative estimate of drug-likeness (QED) is 0.365. The van der Waals surface area contributed by atoms with E-state index in [-0.39, 0.29) is 5.88 Å². The molecule has 1 N–H and O–H groups in total. The maximum Gasteiger partial charge on any atom is 0.216 e. The van der Waals surface area contributed by atoms with Gasteiger partial charge in [0, 0.05) is 5.39 Å². The molecule has 3 aromatic carbocycles. The average molecular weight is 362 g/mol. The monoisotopic (exact) mass is 362 g/mol. The molecule has 0 aliphatic carbocycles. The van der Waals surface area contributed by atoms with Gasteiger partial charge in [0.1, 0.15) is 4.88 Å². The lowest BCUT2D eigenvalue weighted by molar-refractivity contribution is 0.441. The summed E-state index contributed by atoms with van der Waals surface area (Å²) in [5.74, 6) is 0.116. The van der Waals surface area contributed by atoms with Crippen LogP contribution in [0.3, 0.4) is 0 Å². The summed E-state index contributed by atoms with van der Waals surface area (Å²) in [7, 11) is 0. The predicted molar refractivity (Wildman–Crippen MR) is 107 cm³/mol. The Morgan fingerprint density at radius 3 is 2.48 bits per heavy atom. The summed E-state index contributed by atoms with van der Waals surface area (Å²) >= 11 is 6.75. The van der Waals surface area contributed by atoms with E-state index in [2.05, 4.69) is 17.1 Å². The second kappa shape index (κ2) is 6.63. The number of fused-ring (bicyclic) bond motifs is 1. The average Bonchev–Trinajstić information content (AvgIpc) is 2.94. The molecule has 25 heavy (non-hydrogen) atoms. The van der Waals surface area contributed by atoms with Gasteiger partial charge in [-0.05, 0) is 35.8 Å². The molecule has 0 unspecified atom stereocenters. The van der Waals surface area contributed by atoms with Crippen molar-refractivity contribution in [1.82, 2.24) is 4.57 Å². The second-order valence-corrected chi connectivity index (χ2v) is 7.16. The van der Waals surface area contributed by atoms with Crippen LogP contribution < -0.4 is 0 Å². The normalized spacial score (nSPS) is 11.4. The number of hydrogen-bond acceptors (Lipinski definition) is 4. The molecule has 0 amide bonds. The summed E-state index contributed by atoms with van der Waals surface area (Å²) in [4.78, 5) is 5.22. The van der Waals surface area contributed by atoms with Gasteiger partial charge in [-0.25, -0.2) is 0 Å². The third-order valence-corrected chi connectivity index (χ3v) is 5.21. The van der Waals surface area contributed by atoms with Crippen molar-refractivity contribution in [2.45, 2.75) is 0 Å². The topological polar surface area (TPSA) is 37.5 Å². The molecule has 0 aliphatic rings. The van der Waals surface area contributed by atoms with Crippen LogP contribution in [-0.4, -0.2) is 15.9 Å². The highest BCUT2D eigenvalue weighted by Gasteiger charge is 2.11. The first-order chi connectivity index (χ1) is 12.2. The Morgan fingerprint density at radius 1 is 0.920 bits per heavy atom. The van der Waals surface area contributed by atoms with Crippen LogP contribution in [-0.2, 0) is 0 Å². The Hall–Kier alpha value is -2.76. The minimum atomic E-state index is 0.116. The van der Waals surface area contributed by atoms with Crippen LogP contribution in [0.15, 0.2) is 77.8 Å². The fourth-order valence-corrected chi connectivity index (χ4v) is 3.94. The lowest BCUT2D eigenvalue weighted by Crippen LogP contribution is -1.92. The van der Waals surface area contributed by atoms with Crippen molar-refractivity contribution < 1.29 is 5.11 Å². The highest BCUT2D eigenvalue weighted by Crippen LogP contribution is 2.30. The Balaban J connectivity index is 1.77. The molecule has 4 aromatic rings. The third kappa shape index (κ3) is 2.99.